The molecule has 112 valence electrons. The molecule has 1 saturated carbocycles. The lowest BCUT2D eigenvalue weighted by atomic mass is 10.3. The summed E-state index contributed by atoms with van der Waals surface area (Å²) in [6.07, 6.45) is 3.46. The van der Waals surface area contributed by atoms with Gasteiger partial charge >= 0.3 is 0 Å². The van der Waals surface area contributed by atoms with Gasteiger partial charge in [-0.25, -0.2) is 0 Å². The maximum Gasteiger partial charge on any atom is 0.229 e. The Bertz CT molecular complexity index is 440. The van der Waals surface area contributed by atoms with E-state index < -0.39 is 0 Å². The highest BCUT2D eigenvalue weighted by Crippen LogP contribution is 2.38. The standard InChI is InChI=1S/C14H24N4O2/c1-10(2)18(3)9-7-13(19)15-8-6-12-16-14(20-17-12)11-4-5-11/h10-11H,4-9H2,1-3H3,(H,15,19). The first kappa shape index (κ1) is 15.0. The number of carbonyl (C=O) groups is 1. The molecule has 0 bridgehead atoms. The van der Waals surface area contributed by atoms with Crippen molar-refractivity contribution in [2.24, 2.45) is 0 Å². The molecule has 0 saturated heterocycles. The van der Waals surface area contributed by atoms with Crippen molar-refractivity contribution in [3.63, 3.8) is 0 Å². The van der Waals surface area contributed by atoms with Crippen LogP contribution < -0.4 is 5.32 Å². The van der Waals surface area contributed by atoms with Crippen LogP contribution in [0.2, 0.25) is 0 Å². The van der Waals surface area contributed by atoms with Crippen LogP contribution in [0.1, 0.15) is 50.7 Å². The molecular weight excluding hydrogens is 256 g/mol. The summed E-state index contributed by atoms with van der Waals surface area (Å²) in [5.41, 5.74) is 0. The molecule has 0 spiro atoms. The number of hydrogen-bond acceptors (Lipinski definition) is 5. The predicted octanol–water partition coefficient (Wildman–Crippen LogP) is 1.34. The Labute approximate surface area is 119 Å². The van der Waals surface area contributed by atoms with Crippen molar-refractivity contribution in [1.82, 2.24) is 20.4 Å². The second-order valence-electron chi connectivity index (χ2n) is 5.75. The quantitative estimate of drug-likeness (QED) is 0.778. The van der Waals surface area contributed by atoms with Crippen molar-refractivity contribution in [2.75, 3.05) is 20.1 Å². The van der Waals surface area contributed by atoms with Crippen LogP contribution in [-0.4, -0.2) is 47.1 Å². The lowest BCUT2D eigenvalue weighted by Crippen LogP contribution is -2.33. The zero-order chi connectivity index (χ0) is 14.5. The highest BCUT2D eigenvalue weighted by atomic mass is 16.5. The summed E-state index contributed by atoms with van der Waals surface area (Å²) in [7, 11) is 2.02. The van der Waals surface area contributed by atoms with E-state index in [-0.39, 0.29) is 5.91 Å². The molecule has 20 heavy (non-hydrogen) atoms. The van der Waals surface area contributed by atoms with Crippen LogP contribution >= 0.6 is 0 Å². The van der Waals surface area contributed by atoms with E-state index >= 15 is 0 Å². The molecule has 0 aromatic carbocycles. The number of aromatic nitrogens is 2. The highest BCUT2D eigenvalue weighted by Gasteiger charge is 2.29. The average molecular weight is 280 g/mol. The molecule has 0 aliphatic heterocycles. The van der Waals surface area contributed by atoms with Gasteiger partial charge in [-0.2, -0.15) is 4.98 Å². The summed E-state index contributed by atoms with van der Waals surface area (Å²) in [4.78, 5) is 18.2. The van der Waals surface area contributed by atoms with Crippen LogP contribution in [0.5, 0.6) is 0 Å². The van der Waals surface area contributed by atoms with E-state index in [0.29, 0.717) is 37.2 Å². The average Bonchev–Trinajstić information content (AvgIpc) is 3.16. The van der Waals surface area contributed by atoms with Crippen molar-refractivity contribution >= 4 is 5.91 Å². The van der Waals surface area contributed by atoms with Crippen LogP contribution in [-0.2, 0) is 11.2 Å². The zero-order valence-electron chi connectivity index (χ0n) is 12.6. The Morgan fingerprint density at radius 2 is 2.25 bits per heavy atom. The molecule has 6 nitrogen and oxygen atoms in total. The fraction of sp³-hybridized carbons (Fsp3) is 0.786. The molecule has 2 rings (SSSR count). The van der Waals surface area contributed by atoms with E-state index in [4.69, 9.17) is 4.52 Å². The second-order valence-corrected chi connectivity index (χ2v) is 5.75. The highest BCUT2D eigenvalue weighted by molar-refractivity contribution is 5.76. The lowest BCUT2D eigenvalue weighted by molar-refractivity contribution is -0.121. The molecule has 1 N–H and O–H groups in total. The molecule has 1 fully saturated rings. The topological polar surface area (TPSA) is 71.3 Å². The Balaban J connectivity index is 1.60. The maximum absolute atomic E-state index is 11.7. The lowest BCUT2D eigenvalue weighted by Gasteiger charge is -2.20. The Morgan fingerprint density at radius 3 is 2.90 bits per heavy atom. The summed E-state index contributed by atoms with van der Waals surface area (Å²) in [5.74, 6) is 2.00. The molecule has 6 heteroatoms. The number of hydrogen-bond donors (Lipinski definition) is 1. The second kappa shape index (κ2) is 6.83. The first-order chi connectivity index (χ1) is 9.56. The van der Waals surface area contributed by atoms with Crippen molar-refractivity contribution in [1.29, 1.82) is 0 Å². The minimum atomic E-state index is 0.0726. The van der Waals surface area contributed by atoms with E-state index in [1.165, 1.54) is 0 Å². The van der Waals surface area contributed by atoms with Crippen molar-refractivity contribution in [2.45, 2.75) is 51.5 Å². The van der Waals surface area contributed by atoms with Gasteiger partial charge in [-0.05, 0) is 33.7 Å². The van der Waals surface area contributed by atoms with Gasteiger partial charge in [0.15, 0.2) is 5.82 Å². The summed E-state index contributed by atoms with van der Waals surface area (Å²) in [6, 6.07) is 0.461. The molecule has 0 unspecified atom stereocenters. The Hall–Kier alpha value is -1.43. The van der Waals surface area contributed by atoms with E-state index in [1.54, 1.807) is 0 Å². The van der Waals surface area contributed by atoms with Gasteiger partial charge in [0.05, 0.1) is 0 Å². The van der Waals surface area contributed by atoms with Gasteiger partial charge in [0, 0.05) is 37.9 Å². The minimum Gasteiger partial charge on any atom is -0.356 e. The molecule has 1 amide bonds. The van der Waals surface area contributed by atoms with Gasteiger partial charge in [-0.1, -0.05) is 5.16 Å². The fourth-order valence-electron chi connectivity index (χ4n) is 1.80. The maximum atomic E-state index is 11.7. The van der Waals surface area contributed by atoms with Crippen LogP contribution in [0, 0.1) is 0 Å². The molecule has 1 aromatic heterocycles. The van der Waals surface area contributed by atoms with Gasteiger partial charge in [-0.15, -0.1) is 0 Å². The Morgan fingerprint density at radius 1 is 1.50 bits per heavy atom. The fourth-order valence-corrected chi connectivity index (χ4v) is 1.80. The SMILES string of the molecule is CC(C)N(C)CCC(=O)NCCc1noc(C2CC2)n1. The minimum absolute atomic E-state index is 0.0726. The third kappa shape index (κ3) is 4.59. The molecule has 0 atom stereocenters. The number of rotatable bonds is 8. The smallest absolute Gasteiger partial charge is 0.229 e. The molecule has 1 heterocycles. The molecular formula is C14H24N4O2. The molecule has 1 aliphatic rings. The number of nitrogens with one attached hydrogen (secondary N) is 1. The van der Waals surface area contributed by atoms with E-state index in [1.807, 2.05) is 7.05 Å². The summed E-state index contributed by atoms with van der Waals surface area (Å²) in [6.45, 7) is 5.57. The van der Waals surface area contributed by atoms with E-state index in [9.17, 15) is 4.79 Å². The number of amides is 1. The normalized spacial score (nSPS) is 15.1. The van der Waals surface area contributed by atoms with Crippen LogP contribution in [0.4, 0.5) is 0 Å². The summed E-state index contributed by atoms with van der Waals surface area (Å²) in [5, 5.41) is 6.82. The molecule has 0 radical (unpaired) electrons. The van der Waals surface area contributed by atoms with Crippen LogP contribution in [0.25, 0.3) is 0 Å². The summed E-state index contributed by atoms with van der Waals surface area (Å²) >= 11 is 0. The largest absolute Gasteiger partial charge is 0.356 e. The van der Waals surface area contributed by atoms with Gasteiger partial charge in [-0.3, -0.25) is 4.79 Å². The van der Waals surface area contributed by atoms with Crippen LogP contribution in [0.3, 0.4) is 0 Å². The van der Waals surface area contributed by atoms with Crippen molar-refractivity contribution in [3.8, 4) is 0 Å². The van der Waals surface area contributed by atoms with Crippen molar-refractivity contribution in [3.05, 3.63) is 11.7 Å². The van der Waals surface area contributed by atoms with E-state index in [2.05, 4.69) is 34.2 Å². The summed E-state index contributed by atoms with van der Waals surface area (Å²) < 4.78 is 5.17. The van der Waals surface area contributed by atoms with Crippen molar-refractivity contribution < 1.29 is 9.32 Å². The first-order valence-corrected chi connectivity index (χ1v) is 7.35. The zero-order valence-corrected chi connectivity index (χ0v) is 12.6. The van der Waals surface area contributed by atoms with Gasteiger partial charge in [0.2, 0.25) is 11.8 Å². The van der Waals surface area contributed by atoms with Gasteiger partial charge < -0.3 is 14.7 Å². The monoisotopic (exact) mass is 280 g/mol. The third-order valence-electron chi connectivity index (χ3n) is 3.65. The van der Waals surface area contributed by atoms with Gasteiger partial charge in [0.1, 0.15) is 0 Å². The number of carbonyl (C=O) groups excluding carboxylic acids is 1. The molecule has 1 aromatic rings. The number of nitrogens with zero attached hydrogens (tertiary/aromatic N) is 3. The van der Waals surface area contributed by atoms with E-state index in [0.717, 1.165) is 25.3 Å². The predicted molar refractivity (Wildman–Crippen MR) is 75.4 cm³/mol. The van der Waals surface area contributed by atoms with Crippen LogP contribution in [0.15, 0.2) is 4.52 Å². The molecule has 1 aliphatic carbocycles. The van der Waals surface area contributed by atoms with Gasteiger partial charge in [0.25, 0.3) is 0 Å². The third-order valence-corrected chi connectivity index (χ3v) is 3.65. The Kier molecular flexibility index (Phi) is 5.11. The first-order valence-electron chi connectivity index (χ1n) is 7.35.